The van der Waals surface area contributed by atoms with Gasteiger partial charge < -0.3 is 10.4 Å². The molecule has 0 aliphatic carbocycles. The van der Waals surface area contributed by atoms with Crippen molar-refractivity contribution in [3.05, 3.63) is 57.7 Å². The standard InChI is InChI=1S/C14H9ClFNO3S/c15-9-2-1-3-10(16)8(9)4-6-12(18)17-13-7-5-11(21-13)14(19)20/h1-7H,(H,17,18)(H,19,20)/b6-4+. The predicted octanol–water partition coefficient (Wildman–Crippen LogP) is 3.89. The third-order valence-corrected chi connectivity index (χ3v) is 3.78. The number of carboxylic acids is 1. The van der Waals surface area contributed by atoms with Crippen LogP contribution in [0, 0.1) is 5.82 Å². The molecule has 108 valence electrons. The summed E-state index contributed by atoms with van der Waals surface area (Å²) in [5.74, 6) is -2.10. The Kier molecular flexibility index (Phi) is 4.72. The smallest absolute Gasteiger partial charge is 0.345 e. The molecule has 0 saturated carbocycles. The molecule has 1 aromatic heterocycles. The highest BCUT2D eigenvalue weighted by Gasteiger charge is 2.08. The first-order chi connectivity index (χ1) is 9.97. The molecule has 1 aromatic carbocycles. The number of halogens is 2. The summed E-state index contributed by atoms with van der Waals surface area (Å²) >= 11 is 6.76. The minimum Gasteiger partial charge on any atom is -0.477 e. The maximum Gasteiger partial charge on any atom is 0.345 e. The number of carbonyl (C=O) groups is 2. The zero-order valence-corrected chi connectivity index (χ0v) is 12.0. The number of benzene rings is 1. The summed E-state index contributed by atoms with van der Waals surface area (Å²) in [4.78, 5) is 22.5. The molecular formula is C14H9ClFNO3S. The van der Waals surface area contributed by atoms with Gasteiger partial charge in [0.1, 0.15) is 10.7 Å². The lowest BCUT2D eigenvalue weighted by Crippen LogP contribution is -2.06. The monoisotopic (exact) mass is 325 g/mol. The molecule has 0 spiro atoms. The molecule has 0 aliphatic heterocycles. The first-order valence-electron chi connectivity index (χ1n) is 5.73. The Morgan fingerprint density at radius 3 is 2.67 bits per heavy atom. The van der Waals surface area contributed by atoms with Crippen molar-refractivity contribution in [3.63, 3.8) is 0 Å². The average molecular weight is 326 g/mol. The summed E-state index contributed by atoms with van der Waals surface area (Å²) in [7, 11) is 0. The van der Waals surface area contributed by atoms with E-state index in [9.17, 15) is 14.0 Å². The summed E-state index contributed by atoms with van der Waals surface area (Å²) in [6, 6.07) is 7.09. The molecule has 2 N–H and O–H groups in total. The number of aromatic carboxylic acids is 1. The van der Waals surface area contributed by atoms with Crippen molar-refractivity contribution in [3.8, 4) is 0 Å². The number of amides is 1. The van der Waals surface area contributed by atoms with Gasteiger partial charge in [-0.2, -0.15) is 0 Å². The Bertz CT molecular complexity index is 707. The zero-order chi connectivity index (χ0) is 15.4. The largest absolute Gasteiger partial charge is 0.477 e. The van der Waals surface area contributed by atoms with Crippen LogP contribution in [0.3, 0.4) is 0 Å². The molecule has 0 fully saturated rings. The SMILES string of the molecule is O=C(/C=C/c1c(F)cccc1Cl)Nc1ccc(C(=O)O)s1. The van der Waals surface area contributed by atoms with Gasteiger partial charge in [0.15, 0.2) is 0 Å². The van der Waals surface area contributed by atoms with Gasteiger partial charge >= 0.3 is 5.97 Å². The van der Waals surface area contributed by atoms with E-state index in [0.29, 0.717) is 5.00 Å². The van der Waals surface area contributed by atoms with E-state index >= 15 is 0 Å². The van der Waals surface area contributed by atoms with Crippen LogP contribution in [0.5, 0.6) is 0 Å². The van der Waals surface area contributed by atoms with E-state index in [0.717, 1.165) is 17.4 Å². The number of hydrogen-bond donors (Lipinski definition) is 2. The van der Waals surface area contributed by atoms with Gasteiger partial charge in [-0.25, -0.2) is 9.18 Å². The number of anilines is 1. The van der Waals surface area contributed by atoms with Crippen LogP contribution in [0.25, 0.3) is 6.08 Å². The van der Waals surface area contributed by atoms with Crippen molar-refractivity contribution < 1.29 is 19.1 Å². The number of rotatable bonds is 4. The maximum absolute atomic E-state index is 13.5. The molecule has 0 bridgehead atoms. The second-order valence-electron chi connectivity index (χ2n) is 3.93. The first kappa shape index (κ1) is 15.2. The predicted molar refractivity (Wildman–Crippen MR) is 80.4 cm³/mol. The minimum absolute atomic E-state index is 0.117. The van der Waals surface area contributed by atoms with Crippen molar-refractivity contribution in [2.45, 2.75) is 0 Å². The quantitative estimate of drug-likeness (QED) is 0.838. The van der Waals surface area contributed by atoms with Crippen LogP contribution in [0.15, 0.2) is 36.4 Å². The molecule has 2 aromatic rings. The summed E-state index contributed by atoms with van der Waals surface area (Å²) < 4.78 is 13.5. The van der Waals surface area contributed by atoms with E-state index in [-0.39, 0.29) is 15.5 Å². The van der Waals surface area contributed by atoms with Crippen molar-refractivity contribution in [2.24, 2.45) is 0 Å². The van der Waals surface area contributed by atoms with Crippen molar-refractivity contribution in [1.29, 1.82) is 0 Å². The highest BCUT2D eigenvalue weighted by Crippen LogP contribution is 2.22. The lowest BCUT2D eigenvalue weighted by atomic mass is 10.2. The molecule has 7 heteroatoms. The minimum atomic E-state index is -1.06. The van der Waals surface area contributed by atoms with Gasteiger partial charge in [0.2, 0.25) is 5.91 Å². The second kappa shape index (κ2) is 6.51. The van der Waals surface area contributed by atoms with Crippen molar-refractivity contribution in [2.75, 3.05) is 5.32 Å². The van der Waals surface area contributed by atoms with Crippen LogP contribution in [0.1, 0.15) is 15.2 Å². The van der Waals surface area contributed by atoms with Crippen molar-refractivity contribution >= 4 is 45.9 Å². The van der Waals surface area contributed by atoms with Crippen LogP contribution < -0.4 is 5.32 Å². The molecule has 21 heavy (non-hydrogen) atoms. The average Bonchev–Trinajstić information content (AvgIpc) is 2.87. The van der Waals surface area contributed by atoms with Crippen LogP contribution in [0.2, 0.25) is 5.02 Å². The van der Waals surface area contributed by atoms with E-state index in [1.807, 2.05) is 0 Å². The van der Waals surface area contributed by atoms with Crippen LogP contribution >= 0.6 is 22.9 Å². The Morgan fingerprint density at radius 1 is 1.29 bits per heavy atom. The van der Waals surface area contributed by atoms with Gasteiger partial charge in [-0.1, -0.05) is 17.7 Å². The second-order valence-corrected chi connectivity index (χ2v) is 5.42. The molecule has 0 unspecified atom stereocenters. The number of carbonyl (C=O) groups excluding carboxylic acids is 1. The van der Waals surface area contributed by atoms with Gasteiger partial charge in [-0.05, 0) is 30.3 Å². The summed E-state index contributed by atoms with van der Waals surface area (Å²) in [5.41, 5.74) is 0.117. The molecule has 0 aliphatic rings. The normalized spacial score (nSPS) is 10.8. The van der Waals surface area contributed by atoms with E-state index in [1.165, 1.54) is 36.4 Å². The number of hydrogen-bond acceptors (Lipinski definition) is 3. The van der Waals surface area contributed by atoms with Crippen LogP contribution in [-0.2, 0) is 4.79 Å². The van der Waals surface area contributed by atoms with Gasteiger partial charge in [0, 0.05) is 11.6 Å². The molecule has 1 heterocycles. The molecule has 4 nitrogen and oxygen atoms in total. The first-order valence-corrected chi connectivity index (χ1v) is 6.93. The Balaban J connectivity index is 2.07. The number of thiophene rings is 1. The highest BCUT2D eigenvalue weighted by molar-refractivity contribution is 7.18. The third kappa shape index (κ3) is 3.90. The van der Waals surface area contributed by atoms with E-state index in [2.05, 4.69) is 5.32 Å². The van der Waals surface area contributed by atoms with Crippen LogP contribution in [0.4, 0.5) is 9.39 Å². The summed E-state index contributed by atoms with van der Waals surface area (Å²) in [6.07, 6.45) is 2.39. The Morgan fingerprint density at radius 2 is 2.05 bits per heavy atom. The highest BCUT2D eigenvalue weighted by atomic mass is 35.5. The van der Waals surface area contributed by atoms with E-state index < -0.39 is 17.7 Å². The van der Waals surface area contributed by atoms with Gasteiger partial charge in [0.25, 0.3) is 0 Å². The third-order valence-electron chi connectivity index (χ3n) is 2.46. The fourth-order valence-electron chi connectivity index (χ4n) is 1.51. The summed E-state index contributed by atoms with van der Waals surface area (Å²) in [5, 5.41) is 11.9. The molecule has 2 rings (SSSR count). The molecular weight excluding hydrogens is 317 g/mol. The molecule has 0 radical (unpaired) electrons. The molecule has 0 saturated heterocycles. The molecule has 1 amide bonds. The topological polar surface area (TPSA) is 66.4 Å². The fourth-order valence-corrected chi connectivity index (χ4v) is 2.49. The van der Waals surface area contributed by atoms with Gasteiger partial charge in [-0.15, -0.1) is 11.3 Å². The Labute approximate surface area is 128 Å². The summed E-state index contributed by atoms with van der Waals surface area (Å²) in [6.45, 7) is 0. The zero-order valence-electron chi connectivity index (χ0n) is 10.5. The lowest BCUT2D eigenvalue weighted by Gasteiger charge is -2.00. The molecule has 0 atom stereocenters. The number of carboxylic acid groups (broad SMARTS) is 1. The van der Waals surface area contributed by atoms with Crippen molar-refractivity contribution in [1.82, 2.24) is 0 Å². The maximum atomic E-state index is 13.5. The van der Waals surface area contributed by atoms with E-state index in [1.54, 1.807) is 0 Å². The number of nitrogens with one attached hydrogen (secondary N) is 1. The van der Waals surface area contributed by atoms with E-state index in [4.69, 9.17) is 16.7 Å². The Hall–Kier alpha value is -2.18. The lowest BCUT2D eigenvalue weighted by molar-refractivity contribution is -0.111. The fraction of sp³-hybridized carbons (Fsp3) is 0. The van der Waals surface area contributed by atoms with Gasteiger partial charge in [0.05, 0.1) is 10.0 Å². The van der Waals surface area contributed by atoms with Gasteiger partial charge in [-0.3, -0.25) is 4.79 Å². The van der Waals surface area contributed by atoms with Crippen LogP contribution in [-0.4, -0.2) is 17.0 Å².